The van der Waals surface area contributed by atoms with E-state index in [0.717, 1.165) is 10.7 Å². The molecule has 8 nitrogen and oxygen atoms in total. The lowest BCUT2D eigenvalue weighted by Crippen LogP contribution is -2.09. The largest absolute Gasteiger partial charge is 0.435 e. The number of benzene rings is 1. The van der Waals surface area contributed by atoms with Gasteiger partial charge in [0.15, 0.2) is 11.5 Å². The van der Waals surface area contributed by atoms with Crippen LogP contribution in [0.4, 0.5) is 13.2 Å². The molecule has 0 bridgehead atoms. The number of H-pyrrole nitrogens is 1. The minimum atomic E-state index is -4.75. The summed E-state index contributed by atoms with van der Waals surface area (Å²) in [5.74, 6) is -0.436. The van der Waals surface area contributed by atoms with E-state index in [1.54, 1.807) is 12.1 Å². The molecule has 0 saturated heterocycles. The smallest absolute Gasteiger partial charge is 0.401 e. The molecule has 0 atom stereocenters. The van der Waals surface area contributed by atoms with E-state index in [-0.39, 0.29) is 33.3 Å². The molecule has 4 heterocycles. The monoisotopic (exact) mass is 432 g/mol. The zero-order valence-corrected chi connectivity index (χ0v) is 15.4. The van der Waals surface area contributed by atoms with Crippen LogP contribution in [0.3, 0.4) is 0 Å². The first-order chi connectivity index (χ1) is 14.3. The standard InChI is InChI=1S/C18H8ClF3N6O2/c19-9-2-1-5-23-15(9)28-11(6-12(27-28)18(20,21)22)16-25-10-4-3-8-7-24-26-14(8)13(10)17(29)30-16/h1-7H,(H,24,26). The molecule has 150 valence electrons. The average Bonchev–Trinajstić information content (AvgIpc) is 3.35. The van der Waals surface area contributed by atoms with Crippen molar-refractivity contribution in [2.24, 2.45) is 0 Å². The third kappa shape index (κ3) is 2.82. The number of rotatable bonds is 2. The summed E-state index contributed by atoms with van der Waals surface area (Å²) in [4.78, 5) is 20.9. The fourth-order valence-electron chi connectivity index (χ4n) is 3.05. The predicted molar refractivity (Wildman–Crippen MR) is 100 cm³/mol. The van der Waals surface area contributed by atoms with E-state index < -0.39 is 17.5 Å². The molecule has 0 radical (unpaired) electrons. The highest BCUT2D eigenvalue weighted by Gasteiger charge is 2.36. The summed E-state index contributed by atoms with van der Waals surface area (Å²) in [5.41, 5.74) is -1.61. The van der Waals surface area contributed by atoms with Crippen molar-refractivity contribution >= 4 is 33.4 Å². The maximum absolute atomic E-state index is 13.3. The third-order valence-electron chi connectivity index (χ3n) is 4.37. The molecule has 1 N–H and O–H groups in total. The number of pyridine rings is 1. The van der Waals surface area contributed by atoms with Crippen LogP contribution in [0.15, 0.2) is 51.9 Å². The van der Waals surface area contributed by atoms with E-state index in [9.17, 15) is 18.0 Å². The molecule has 0 aliphatic rings. The van der Waals surface area contributed by atoms with Crippen molar-refractivity contribution in [3.63, 3.8) is 0 Å². The Hall–Kier alpha value is -3.73. The number of hydrogen-bond donors (Lipinski definition) is 1. The topological polar surface area (TPSA) is 102 Å². The van der Waals surface area contributed by atoms with E-state index in [0.29, 0.717) is 10.9 Å². The van der Waals surface area contributed by atoms with E-state index in [2.05, 4.69) is 25.3 Å². The minimum absolute atomic E-state index is 0.0536. The van der Waals surface area contributed by atoms with Crippen LogP contribution >= 0.6 is 11.6 Å². The maximum Gasteiger partial charge on any atom is 0.435 e. The Morgan fingerprint density at radius 2 is 2.03 bits per heavy atom. The van der Waals surface area contributed by atoms with Gasteiger partial charge in [0.25, 0.3) is 0 Å². The fraction of sp³-hybridized carbons (Fsp3) is 0.0556. The van der Waals surface area contributed by atoms with Crippen LogP contribution in [0.25, 0.3) is 39.2 Å². The summed E-state index contributed by atoms with van der Waals surface area (Å²) in [5, 5.41) is 11.0. The van der Waals surface area contributed by atoms with Crippen molar-refractivity contribution in [1.82, 2.24) is 29.9 Å². The molecule has 0 unspecified atom stereocenters. The number of halogens is 4. The average molecular weight is 433 g/mol. The van der Waals surface area contributed by atoms with Gasteiger partial charge in [0.1, 0.15) is 11.1 Å². The van der Waals surface area contributed by atoms with Crippen LogP contribution in [0.5, 0.6) is 0 Å². The highest BCUT2D eigenvalue weighted by molar-refractivity contribution is 6.32. The van der Waals surface area contributed by atoms with E-state index in [1.165, 1.54) is 24.5 Å². The Balaban J connectivity index is 1.80. The number of aromatic amines is 1. The summed E-state index contributed by atoms with van der Waals surface area (Å²) < 4.78 is 46.1. The van der Waals surface area contributed by atoms with Gasteiger partial charge >= 0.3 is 11.8 Å². The predicted octanol–water partition coefficient (Wildman–Crippen LogP) is 3.98. The molecule has 0 amide bonds. The van der Waals surface area contributed by atoms with Crippen molar-refractivity contribution in [2.75, 3.05) is 0 Å². The third-order valence-corrected chi connectivity index (χ3v) is 4.66. The van der Waals surface area contributed by atoms with Gasteiger partial charge in [0, 0.05) is 17.6 Å². The number of aromatic nitrogens is 6. The molecule has 0 aliphatic carbocycles. The molecule has 0 aliphatic heterocycles. The van der Waals surface area contributed by atoms with Crippen LogP contribution in [0.1, 0.15) is 5.69 Å². The van der Waals surface area contributed by atoms with Gasteiger partial charge in [-0.3, -0.25) is 5.10 Å². The molecule has 30 heavy (non-hydrogen) atoms. The number of hydrogen-bond acceptors (Lipinski definition) is 6. The molecule has 1 aromatic carbocycles. The van der Waals surface area contributed by atoms with Gasteiger partial charge in [-0.15, -0.1) is 0 Å². The molecule has 5 aromatic rings. The van der Waals surface area contributed by atoms with Crippen LogP contribution in [-0.2, 0) is 6.18 Å². The van der Waals surface area contributed by atoms with E-state index in [4.69, 9.17) is 16.0 Å². The summed E-state index contributed by atoms with van der Waals surface area (Å²) >= 11 is 6.09. The van der Waals surface area contributed by atoms with Gasteiger partial charge in [0.2, 0.25) is 5.89 Å². The first-order valence-electron chi connectivity index (χ1n) is 8.38. The van der Waals surface area contributed by atoms with Crippen LogP contribution < -0.4 is 5.63 Å². The lowest BCUT2D eigenvalue weighted by molar-refractivity contribution is -0.141. The van der Waals surface area contributed by atoms with Crippen molar-refractivity contribution in [3.05, 3.63) is 63.9 Å². The lowest BCUT2D eigenvalue weighted by atomic mass is 10.2. The second kappa shape index (κ2) is 6.39. The van der Waals surface area contributed by atoms with Crippen molar-refractivity contribution in [2.45, 2.75) is 6.18 Å². The first-order valence-corrected chi connectivity index (χ1v) is 8.76. The van der Waals surface area contributed by atoms with Crippen LogP contribution in [0.2, 0.25) is 5.02 Å². The second-order valence-electron chi connectivity index (χ2n) is 6.23. The van der Waals surface area contributed by atoms with E-state index in [1.807, 2.05) is 0 Å². The molecule has 0 saturated carbocycles. The Morgan fingerprint density at radius 1 is 1.20 bits per heavy atom. The lowest BCUT2D eigenvalue weighted by Gasteiger charge is -2.07. The summed E-state index contributed by atoms with van der Waals surface area (Å²) in [7, 11) is 0. The SMILES string of the molecule is O=c1oc(-c2cc(C(F)(F)F)nn2-c2ncccc2Cl)nc2ccc3cn[nH]c3c12. The van der Waals surface area contributed by atoms with Gasteiger partial charge in [-0.05, 0) is 24.3 Å². The summed E-state index contributed by atoms with van der Waals surface area (Å²) in [6.45, 7) is 0. The zero-order valence-electron chi connectivity index (χ0n) is 14.6. The summed E-state index contributed by atoms with van der Waals surface area (Å²) in [6.07, 6.45) is -1.88. The number of nitrogens with one attached hydrogen (secondary N) is 1. The Labute approximate surface area is 168 Å². The Bertz CT molecular complexity index is 1490. The second-order valence-corrected chi connectivity index (χ2v) is 6.64. The van der Waals surface area contributed by atoms with Gasteiger partial charge < -0.3 is 4.42 Å². The van der Waals surface area contributed by atoms with Gasteiger partial charge in [-0.1, -0.05) is 11.6 Å². The van der Waals surface area contributed by atoms with Gasteiger partial charge in [0.05, 0.1) is 22.3 Å². The van der Waals surface area contributed by atoms with Crippen molar-refractivity contribution < 1.29 is 17.6 Å². The maximum atomic E-state index is 13.3. The number of nitrogens with zero attached hydrogens (tertiary/aromatic N) is 5. The van der Waals surface area contributed by atoms with Crippen LogP contribution in [0, 0.1) is 0 Å². The Kier molecular flexibility index (Phi) is 3.90. The zero-order chi connectivity index (χ0) is 21.0. The van der Waals surface area contributed by atoms with Crippen molar-refractivity contribution in [1.29, 1.82) is 0 Å². The quantitative estimate of drug-likeness (QED) is 0.452. The Morgan fingerprint density at radius 3 is 2.80 bits per heavy atom. The summed E-state index contributed by atoms with van der Waals surface area (Å²) in [6, 6.07) is 6.90. The first kappa shape index (κ1) is 18.3. The number of alkyl halides is 3. The highest BCUT2D eigenvalue weighted by Crippen LogP contribution is 2.34. The van der Waals surface area contributed by atoms with Crippen molar-refractivity contribution in [3.8, 4) is 17.4 Å². The van der Waals surface area contributed by atoms with E-state index >= 15 is 0 Å². The highest BCUT2D eigenvalue weighted by atomic mass is 35.5. The molecule has 0 spiro atoms. The molecule has 4 aromatic heterocycles. The fourth-order valence-corrected chi connectivity index (χ4v) is 3.25. The molecule has 12 heteroatoms. The van der Waals surface area contributed by atoms with Crippen LogP contribution in [-0.4, -0.2) is 29.9 Å². The molecular formula is C18H8ClF3N6O2. The molecule has 0 fully saturated rings. The van der Waals surface area contributed by atoms with Gasteiger partial charge in [-0.25, -0.2) is 19.4 Å². The number of fused-ring (bicyclic) bond motifs is 3. The molecule has 5 rings (SSSR count). The molecular weight excluding hydrogens is 425 g/mol. The normalized spacial score (nSPS) is 12.1. The van der Waals surface area contributed by atoms with Gasteiger partial charge in [-0.2, -0.15) is 23.4 Å². The minimum Gasteiger partial charge on any atom is -0.401 e.